The van der Waals surface area contributed by atoms with E-state index in [4.69, 9.17) is 4.42 Å². The lowest BCUT2D eigenvalue weighted by Gasteiger charge is -2.09. The number of amides is 1. The number of rotatable bonds is 7. The van der Waals surface area contributed by atoms with Crippen LogP contribution in [0.2, 0.25) is 0 Å². The molecule has 0 spiro atoms. The minimum atomic E-state index is -1.07. The van der Waals surface area contributed by atoms with Crippen LogP contribution in [0.4, 0.5) is 0 Å². The maximum absolute atomic E-state index is 12.2. The van der Waals surface area contributed by atoms with Gasteiger partial charge < -0.3 is 9.73 Å². The molecule has 0 aliphatic rings. The van der Waals surface area contributed by atoms with E-state index >= 15 is 0 Å². The summed E-state index contributed by atoms with van der Waals surface area (Å²) in [5.74, 6) is 1.41. The fourth-order valence-corrected chi connectivity index (χ4v) is 3.19. The molecule has 2 atom stereocenters. The van der Waals surface area contributed by atoms with Crippen LogP contribution >= 0.6 is 0 Å². The molecule has 1 amide bonds. The van der Waals surface area contributed by atoms with Crippen molar-refractivity contribution in [2.45, 2.75) is 44.7 Å². The molecule has 1 heterocycles. The number of hydrogen-bond donors (Lipinski definition) is 1. The number of carbonyl (C=O) groups is 1. The van der Waals surface area contributed by atoms with Crippen LogP contribution in [0.5, 0.6) is 0 Å². The normalized spacial score (nSPS) is 13.5. The number of hydrogen-bond acceptors (Lipinski definition) is 3. The highest BCUT2D eigenvalue weighted by molar-refractivity contribution is 7.83. The summed E-state index contributed by atoms with van der Waals surface area (Å²) >= 11 is 0. The molecule has 23 heavy (non-hydrogen) atoms. The number of carbonyl (C=O) groups excluding carboxylic acids is 1. The van der Waals surface area contributed by atoms with Gasteiger partial charge in [-0.05, 0) is 38.0 Å². The molecule has 0 bridgehead atoms. The second kappa shape index (κ2) is 8.11. The Bertz CT molecular complexity index is 676. The van der Waals surface area contributed by atoms with E-state index in [2.05, 4.69) is 5.32 Å². The maximum Gasteiger partial charge on any atom is 0.287 e. The smallest absolute Gasteiger partial charge is 0.287 e. The molecule has 0 saturated carbocycles. The second-order valence-corrected chi connectivity index (χ2v) is 7.22. The lowest BCUT2D eigenvalue weighted by Crippen LogP contribution is -2.31. The lowest BCUT2D eigenvalue weighted by molar-refractivity contribution is 0.0910. The van der Waals surface area contributed by atoms with E-state index in [1.807, 2.05) is 45.0 Å². The minimum absolute atomic E-state index is 0.103. The number of furan rings is 1. The summed E-state index contributed by atoms with van der Waals surface area (Å²) < 4.78 is 17.7. The van der Waals surface area contributed by atoms with Gasteiger partial charge in [-0.3, -0.25) is 9.00 Å². The van der Waals surface area contributed by atoms with Crippen molar-refractivity contribution in [1.82, 2.24) is 5.32 Å². The molecule has 1 N–H and O–H groups in total. The summed E-state index contributed by atoms with van der Waals surface area (Å²) in [6, 6.07) is 11.5. The van der Waals surface area contributed by atoms with Gasteiger partial charge in [-0.2, -0.15) is 0 Å². The molecule has 1 aromatic carbocycles. The van der Waals surface area contributed by atoms with Crippen LogP contribution in [0.15, 0.2) is 40.8 Å². The summed E-state index contributed by atoms with van der Waals surface area (Å²) in [6.07, 6.45) is 0.861. The molecule has 0 radical (unpaired) electrons. The van der Waals surface area contributed by atoms with E-state index < -0.39 is 10.8 Å². The number of benzene rings is 1. The van der Waals surface area contributed by atoms with Gasteiger partial charge in [0.1, 0.15) is 5.76 Å². The lowest BCUT2D eigenvalue weighted by atomic mass is 10.2. The fraction of sp³-hybridized carbons (Fsp3) is 0.389. The molecule has 0 fully saturated rings. The van der Waals surface area contributed by atoms with Crippen LogP contribution in [0.1, 0.15) is 47.7 Å². The minimum Gasteiger partial charge on any atom is -0.455 e. The van der Waals surface area contributed by atoms with Gasteiger partial charge in [-0.15, -0.1) is 0 Å². The molecule has 2 rings (SSSR count). The van der Waals surface area contributed by atoms with Gasteiger partial charge in [0.2, 0.25) is 0 Å². The van der Waals surface area contributed by atoms with E-state index in [0.29, 0.717) is 17.3 Å². The SMILES string of the molecule is CC[C@@H](C)NC(=O)c1ccc(C[S@@](=O)Cc2ccc(C)cc2)o1. The van der Waals surface area contributed by atoms with Crippen molar-refractivity contribution in [3.8, 4) is 0 Å². The van der Waals surface area contributed by atoms with E-state index in [-0.39, 0.29) is 17.7 Å². The van der Waals surface area contributed by atoms with Gasteiger partial charge in [-0.25, -0.2) is 0 Å². The third-order valence-corrected chi connectivity index (χ3v) is 4.89. The molecule has 0 aliphatic heterocycles. The Morgan fingerprint density at radius 3 is 2.52 bits per heavy atom. The van der Waals surface area contributed by atoms with Crippen molar-refractivity contribution in [3.05, 3.63) is 59.0 Å². The quantitative estimate of drug-likeness (QED) is 0.843. The fourth-order valence-electron chi connectivity index (χ4n) is 2.05. The van der Waals surface area contributed by atoms with Gasteiger partial charge in [-0.1, -0.05) is 36.8 Å². The Balaban J connectivity index is 1.92. The first kappa shape index (κ1) is 17.5. The Kier molecular flexibility index (Phi) is 6.16. The molecule has 5 heteroatoms. The van der Waals surface area contributed by atoms with Crippen LogP contribution in [0.25, 0.3) is 0 Å². The van der Waals surface area contributed by atoms with Gasteiger partial charge in [0.05, 0.1) is 5.75 Å². The molecular weight excluding hydrogens is 310 g/mol. The Morgan fingerprint density at radius 2 is 1.87 bits per heavy atom. The van der Waals surface area contributed by atoms with Crippen molar-refractivity contribution >= 4 is 16.7 Å². The maximum atomic E-state index is 12.2. The molecular formula is C18H23NO3S. The Morgan fingerprint density at radius 1 is 1.17 bits per heavy atom. The molecule has 0 aliphatic carbocycles. The van der Waals surface area contributed by atoms with Gasteiger partial charge in [0, 0.05) is 22.6 Å². The van der Waals surface area contributed by atoms with Crippen LogP contribution in [0, 0.1) is 6.92 Å². The molecule has 0 saturated heterocycles. The van der Waals surface area contributed by atoms with Crippen molar-refractivity contribution < 1.29 is 13.4 Å². The van der Waals surface area contributed by atoms with E-state index in [1.54, 1.807) is 12.1 Å². The highest BCUT2D eigenvalue weighted by Crippen LogP contribution is 2.13. The van der Waals surface area contributed by atoms with Crippen LogP contribution in [0.3, 0.4) is 0 Å². The largest absolute Gasteiger partial charge is 0.455 e. The predicted molar refractivity (Wildman–Crippen MR) is 92.7 cm³/mol. The number of aryl methyl sites for hydroxylation is 1. The zero-order chi connectivity index (χ0) is 16.8. The monoisotopic (exact) mass is 333 g/mol. The first-order valence-corrected chi connectivity index (χ1v) is 9.26. The molecule has 0 unspecified atom stereocenters. The summed E-state index contributed by atoms with van der Waals surface area (Å²) in [6.45, 7) is 5.97. The van der Waals surface area contributed by atoms with Crippen molar-refractivity contribution in [2.24, 2.45) is 0 Å². The predicted octanol–water partition coefficient (Wildman–Crippen LogP) is 3.57. The Labute approximate surface area is 139 Å². The average molecular weight is 333 g/mol. The topological polar surface area (TPSA) is 59.3 Å². The van der Waals surface area contributed by atoms with Crippen LogP contribution in [-0.2, 0) is 22.3 Å². The Hall–Kier alpha value is -1.88. The first-order chi connectivity index (χ1) is 11.0. The van der Waals surface area contributed by atoms with E-state index in [9.17, 15) is 9.00 Å². The summed E-state index contributed by atoms with van der Waals surface area (Å²) in [5, 5.41) is 2.85. The molecule has 1 aromatic heterocycles. The zero-order valence-corrected chi connectivity index (χ0v) is 14.6. The van der Waals surface area contributed by atoms with E-state index in [0.717, 1.165) is 12.0 Å². The van der Waals surface area contributed by atoms with Crippen LogP contribution < -0.4 is 5.32 Å². The van der Waals surface area contributed by atoms with Crippen molar-refractivity contribution in [3.63, 3.8) is 0 Å². The van der Waals surface area contributed by atoms with Gasteiger partial charge in [0.15, 0.2) is 5.76 Å². The zero-order valence-electron chi connectivity index (χ0n) is 13.8. The highest BCUT2D eigenvalue weighted by atomic mass is 32.2. The highest BCUT2D eigenvalue weighted by Gasteiger charge is 2.14. The third-order valence-electron chi connectivity index (χ3n) is 3.63. The van der Waals surface area contributed by atoms with E-state index in [1.165, 1.54) is 5.56 Å². The molecule has 2 aromatic rings. The number of nitrogens with one attached hydrogen (secondary N) is 1. The average Bonchev–Trinajstić information content (AvgIpc) is 2.98. The van der Waals surface area contributed by atoms with Gasteiger partial charge in [0.25, 0.3) is 5.91 Å². The van der Waals surface area contributed by atoms with Crippen molar-refractivity contribution in [2.75, 3.05) is 0 Å². The molecule has 124 valence electrons. The molecule has 4 nitrogen and oxygen atoms in total. The summed E-state index contributed by atoms with van der Waals surface area (Å²) in [4.78, 5) is 12.0. The summed E-state index contributed by atoms with van der Waals surface area (Å²) in [7, 11) is -1.07. The first-order valence-electron chi connectivity index (χ1n) is 7.78. The second-order valence-electron chi connectivity index (χ2n) is 5.76. The standard InChI is InChI=1S/C18H23NO3S/c1-4-14(3)19-18(20)17-10-9-16(22-17)12-23(21)11-15-7-5-13(2)6-8-15/h5-10,14H,4,11-12H2,1-3H3,(H,19,20)/t14-,23+/m1/s1. The van der Waals surface area contributed by atoms with Crippen molar-refractivity contribution in [1.29, 1.82) is 0 Å². The van der Waals surface area contributed by atoms with Gasteiger partial charge >= 0.3 is 0 Å². The van der Waals surface area contributed by atoms with Crippen LogP contribution in [-0.4, -0.2) is 16.2 Å². The third kappa shape index (κ3) is 5.36. The summed E-state index contributed by atoms with van der Waals surface area (Å²) in [5.41, 5.74) is 2.22.